The van der Waals surface area contributed by atoms with Crippen molar-refractivity contribution in [3.63, 3.8) is 0 Å². The molecule has 0 spiro atoms. The maximum Gasteiger partial charge on any atom is 0.314 e. The minimum Gasteiger partial charge on any atom is -0.399 e. The van der Waals surface area contributed by atoms with Crippen LogP contribution in [0, 0.1) is 0 Å². The maximum absolute atomic E-state index is 10.8. The van der Waals surface area contributed by atoms with Crippen molar-refractivity contribution in [2.75, 3.05) is 12.8 Å². The molecule has 0 atom stereocenters. The third-order valence-corrected chi connectivity index (χ3v) is 2.22. The molecule has 76 valence electrons. The zero-order valence-corrected chi connectivity index (χ0v) is 8.58. The van der Waals surface area contributed by atoms with E-state index in [-0.39, 0.29) is 0 Å². The average Bonchev–Trinajstić information content (AvgIpc) is 2.11. The summed E-state index contributed by atoms with van der Waals surface area (Å²) in [6.07, 6.45) is 0. The van der Waals surface area contributed by atoms with Crippen molar-refractivity contribution in [2.24, 2.45) is 5.73 Å². The van der Waals surface area contributed by atoms with Gasteiger partial charge in [-0.25, -0.2) is 4.79 Å². The number of nitrogens with zero attached hydrogens (tertiary/aromatic N) is 1. The van der Waals surface area contributed by atoms with Gasteiger partial charge in [0, 0.05) is 24.3 Å². The minimum atomic E-state index is -0.497. The van der Waals surface area contributed by atoms with Gasteiger partial charge in [-0.2, -0.15) is 0 Å². The lowest BCUT2D eigenvalue weighted by molar-refractivity contribution is 0.216. The summed E-state index contributed by atoms with van der Waals surface area (Å²) >= 11 is 5.91. The molecule has 0 radical (unpaired) electrons. The number of nitrogens with two attached hydrogens (primary N) is 2. The number of primary amides is 1. The molecule has 4 nitrogen and oxygen atoms in total. The number of hydrogen-bond acceptors (Lipinski definition) is 2. The van der Waals surface area contributed by atoms with Gasteiger partial charge >= 0.3 is 6.03 Å². The molecule has 0 aliphatic carbocycles. The average molecular weight is 214 g/mol. The van der Waals surface area contributed by atoms with E-state index >= 15 is 0 Å². The Morgan fingerprint density at radius 2 is 2.21 bits per heavy atom. The number of rotatable bonds is 2. The number of amides is 2. The first-order chi connectivity index (χ1) is 6.50. The molecule has 0 fully saturated rings. The van der Waals surface area contributed by atoms with E-state index in [4.69, 9.17) is 23.1 Å². The smallest absolute Gasteiger partial charge is 0.314 e. The molecular weight excluding hydrogens is 202 g/mol. The highest BCUT2D eigenvalue weighted by Gasteiger charge is 2.07. The first kappa shape index (κ1) is 10.7. The first-order valence-corrected chi connectivity index (χ1v) is 4.43. The summed E-state index contributed by atoms with van der Waals surface area (Å²) in [5.41, 5.74) is 12.1. The number of benzene rings is 1. The van der Waals surface area contributed by atoms with Crippen molar-refractivity contribution in [2.45, 2.75) is 6.54 Å². The number of carbonyl (C=O) groups excluding carboxylic acids is 1. The van der Waals surface area contributed by atoms with Crippen LogP contribution in [0.1, 0.15) is 5.56 Å². The Kier molecular flexibility index (Phi) is 3.19. The third-order valence-electron chi connectivity index (χ3n) is 1.85. The first-order valence-electron chi connectivity index (χ1n) is 4.05. The summed E-state index contributed by atoms with van der Waals surface area (Å²) in [6, 6.07) is 4.63. The topological polar surface area (TPSA) is 72.3 Å². The van der Waals surface area contributed by atoms with Crippen LogP contribution in [0.2, 0.25) is 5.02 Å². The standard InChI is InChI=1S/C9H12ClN3O/c1-13(9(12)14)5-6-4-7(11)2-3-8(6)10/h2-4H,5,11H2,1H3,(H2,12,14). The lowest BCUT2D eigenvalue weighted by atomic mass is 10.2. The zero-order chi connectivity index (χ0) is 10.7. The van der Waals surface area contributed by atoms with Gasteiger partial charge in [-0.1, -0.05) is 11.6 Å². The molecule has 0 saturated carbocycles. The number of nitrogen functional groups attached to an aromatic ring is 1. The highest BCUT2D eigenvalue weighted by Crippen LogP contribution is 2.19. The molecule has 14 heavy (non-hydrogen) atoms. The monoisotopic (exact) mass is 213 g/mol. The second kappa shape index (κ2) is 4.19. The molecule has 0 bridgehead atoms. The Morgan fingerprint density at radius 1 is 1.57 bits per heavy atom. The Morgan fingerprint density at radius 3 is 2.79 bits per heavy atom. The number of carbonyl (C=O) groups is 1. The van der Waals surface area contributed by atoms with Gasteiger partial charge in [-0.3, -0.25) is 0 Å². The van der Waals surface area contributed by atoms with E-state index in [0.717, 1.165) is 5.56 Å². The highest BCUT2D eigenvalue weighted by molar-refractivity contribution is 6.31. The molecule has 1 aromatic rings. The number of urea groups is 1. The van der Waals surface area contributed by atoms with Crippen LogP contribution in [0.4, 0.5) is 10.5 Å². The third kappa shape index (κ3) is 2.53. The van der Waals surface area contributed by atoms with Crippen molar-refractivity contribution in [1.82, 2.24) is 4.90 Å². The van der Waals surface area contributed by atoms with Crippen LogP contribution < -0.4 is 11.5 Å². The van der Waals surface area contributed by atoms with Crippen molar-refractivity contribution in [3.05, 3.63) is 28.8 Å². The van der Waals surface area contributed by atoms with Gasteiger partial charge in [0.1, 0.15) is 0 Å². The Hall–Kier alpha value is -1.42. The van der Waals surface area contributed by atoms with Crippen molar-refractivity contribution in [3.8, 4) is 0 Å². The van der Waals surface area contributed by atoms with Gasteiger partial charge < -0.3 is 16.4 Å². The molecule has 0 aliphatic rings. The van der Waals surface area contributed by atoms with Crippen LogP contribution in [0.5, 0.6) is 0 Å². The second-order valence-electron chi connectivity index (χ2n) is 3.05. The normalized spacial score (nSPS) is 9.86. The second-order valence-corrected chi connectivity index (χ2v) is 3.45. The van der Waals surface area contributed by atoms with E-state index < -0.39 is 6.03 Å². The SMILES string of the molecule is CN(Cc1cc(N)ccc1Cl)C(N)=O. The van der Waals surface area contributed by atoms with Gasteiger partial charge in [0.25, 0.3) is 0 Å². The molecule has 0 heterocycles. The van der Waals surface area contributed by atoms with Gasteiger partial charge in [0.2, 0.25) is 0 Å². The molecule has 0 unspecified atom stereocenters. The molecule has 2 amide bonds. The van der Waals surface area contributed by atoms with Gasteiger partial charge in [0.15, 0.2) is 0 Å². The van der Waals surface area contributed by atoms with Crippen LogP contribution in [0.25, 0.3) is 0 Å². The lowest BCUT2D eigenvalue weighted by Crippen LogP contribution is -2.31. The molecular formula is C9H12ClN3O. The fraction of sp³-hybridized carbons (Fsp3) is 0.222. The molecule has 0 saturated heterocycles. The molecule has 0 aliphatic heterocycles. The van der Waals surface area contributed by atoms with Crippen molar-refractivity contribution >= 4 is 23.3 Å². The number of anilines is 1. The van der Waals surface area contributed by atoms with E-state index in [1.807, 2.05) is 0 Å². The molecule has 1 rings (SSSR count). The summed E-state index contributed by atoms with van der Waals surface area (Å²) < 4.78 is 0. The van der Waals surface area contributed by atoms with Crippen LogP contribution in [0.15, 0.2) is 18.2 Å². The zero-order valence-electron chi connectivity index (χ0n) is 7.83. The Bertz CT molecular complexity index is 354. The fourth-order valence-electron chi connectivity index (χ4n) is 1.05. The largest absolute Gasteiger partial charge is 0.399 e. The summed E-state index contributed by atoms with van der Waals surface area (Å²) in [4.78, 5) is 12.1. The molecule has 0 aromatic heterocycles. The van der Waals surface area contributed by atoms with E-state index in [1.54, 1.807) is 25.2 Å². The van der Waals surface area contributed by atoms with E-state index in [0.29, 0.717) is 17.3 Å². The van der Waals surface area contributed by atoms with Crippen LogP contribution >= 0.6 is 11.6 Å². The van der Waals surface area contributed by atoms with Crippen LogP contribution in [-0.2, 0) is 6.54 Å². The number of halogens is 1. The predicted molar refractivity (Wildman–Crippen MR) is 56.9 cm³/mol. The van der Waals surface area contributed by atoms with E-state index in [1.165, 1.54) is 4.90 Å². The van der Waals surface area contributed by atoms with E-state index in [2.05, 4.69) is 0 Å². The summed E-state index contributed by atoms with van der Waals surface area (Å²) in [7, 11) is 1.60. The van der Waals surface area contributed by atoms with Gasteiger partial charge in [-0.05, 0) is 23.8 Å². The molecule has 5 heteroatoms. The van der Waals surface area contributed by atoms with Crippen LogP contribution in [0.3, 0.4) is 0 Å². The molecule has 4 N–H and O–H groups in total. The highest BCUT2D eigenvalue weighted by atomic mass is 35.5. The predicted octanol–water partition coefficient (Wildman–Crippen LogP) is 1.43. The van der Waals surface area contributed by atoms with Gasteiger partial charge in [0.05, 0.1) is 0 Å². The Labute approximate surface area is 87.4 Å². The summed E-state index contributed by atoms with van der Waals surface area (Å²) in [5.74, 6) is 0. The maximum atomic E-state index is 10.8. The van der Waals surface area contributed by atoms with Crippen molar-refractivity contribution in [1.29, 1.82) is 0 Å². The lowest BCUT2D eigenvalue weighted by Gasteiger charge is -2.15. The number of hydrogen-bond donors (Lipinski definition) is 2. The fourth-order valence-corrected chi connectivity index (χ4v) is 1.23. The quantitative estimate of drug-likeness (QED) is 0.730. The summed E-state index contributed by atoms with van der Waals surface area (Å²) in [5, 5.41) is 0.576. The summed E-state index contributed by atoms with van der Waals surface area (Å²) in [6.45, 7) is 0.360. The molecule has 1 aromatic carbocycles. The van der Waals surface area contributed by atoms with Gasteiger partial charge in [-0.15, -0.1) is 0 Å². The Balaban J connectivity index is 2.85. The van der Waals surface area contributed by atoms with Crippen LogP contribution in [-0.4, -0.2) is 18.0 Å². The van der Waals surface area contributed by atoms with E-state index in [9.17, 15) is 4.79 Å². The minimum absolute atomic E-state index is 0.360. The van der Waals surface area contributed by atoms with Crippen molar-refractivity contribution < 1.29 is 4.79 Å².